The van der Waals surface area contributed by atoms with E-state index in [-0.39, 0.29) is 0 Å². The Hall–Kier alpha value is -0.760. The van der Waals surface area contributed by atoms with Gasteiger partial charge in [0.1, 0.15) is 6.73 Å². The van der Waals surface area contributed by atoms with Gasteiger partial charge in [-0.1, -0.05) is 18.2 Å². The molecule has 0 amide bonds. The molecule has 1 aliphatic rings. The fourth-order valence-electron chi connectivity index (χ4n) is 0.917. The van der Waals surface area contributed by atoms with Gasteiger partial charge in [-0.05, 0) is 12.6 Å². The summed E-state index contributed by atoms with van der Waals surface area (Å²) in [5.41, 5.74) is 0. The molecule has 0 aromatic rings. The zero-order chi connectivity index (χ0) is 7.23. The fraction of sp³-hybridized carbons (Fsp3) is 0.500. The maximum atomic E-state index is 4.98. The number of hydrogen-bond acceptors (Lipinski definition) is 2. The second-order valence-electron chi connectivity index (χ2n) is 2.28. The van der Waals surface area contributed by atoms with E-state index >= 15 is 0 Å². The zero-order valence-corrected chi connectivity index (χ0v) is 6.29. The Morgan fingerprint density at radius 3 is 3.10 bits per heavy atom. The van der Waals surface area contributed by atoms with Crippen LogP contribution < -0.4 is 0 Å². The molecule has 0 aromatic heterocycles. The molecule has 0 saturated carbocycles. The van der Waals surface area contributed by atoms with E-state index in [0.29, 0.717) is 6.73 Å². The van der Waals surface area contributed by atoms with Crippen molar-refractivity contribution in [3.8, 4) is 0 Å². The molecule has 1 heterocycles. The van der Waals surface area contributed by atoms with Gasteiger partial charge in [0.05, 0.1) is 0 Å². The van der Waals surface area contributed by atoms with Crippen molar-refractivity contribution in [1.29, 1.82) is 0 Å². The van der Waals surface area contributed by atoms with E-state index in [4.69, 9.17) is 4.74 Å². The number of rotatable bonds is 2. The molecule has 0 spiro atoms. The van der Waals surface area contributed by atoms with Crippen LogP contribution in [0.4, 0.5) is 0 Å². The summed E-state index contributed by atoms with van der Waals surface area (Å²) in [6.45, 7) is 1.64. The third kappa shape index (κ3) is 2.23. The Labute approximate surface area is 61.8 Å². The van der Waals surface area contributed by atoms with Crippen LogP contribution in [0, 0.1) is 0 Å². The summed E-state index contributed by atoms with van der Waals surface area (Å²) >= 11 is 0. The van der Waals surface area contributed by atoms with Gasteiger partial charge in [0.2, 0.25) is 0 Å². The van der Waals surface area contributed by atoms with Crippen molar-refractivity contribution in [3.05, 3.63) is 24.4 Å². The quantitative estimate of drug-likeness (QED) is 0.536. The first kappa shape index (κ1) is 7.35. The summed E-state index contributed by atoms with van der Waals surface area (Å²) in [6.07, 6.45) is 9.55. The molecular formula is C8H13NO. The summed E-state index contributed by atoms with van der Waals surface area (Å²) in [6, 6.07) is 0. The molecule has 0 fully saturated rings. The normalized spacial score (nSPS) is 17.5. The Morgan fingerprint density at radius 2 is 2.30 bits per heavy atom. The summed E-state index contributed by atoms with van der Waals surface area (Å²) in [5.74, 6) is 0. The Bertz CT molecular complexity index is 140. The molecule has 10 heavy (non-hydrogen) atoms. The van der Waals surface area contributed by atoms with Crippen LogP contribution in [0.5, 0.6) is 0 Å². The van der Waals surface area contributed by atoms with Crippen molar-refractivity contribution in [1.82, 2.24) is 4.90 Å². The smallest absolute Gasteiger partial charge is 0.118 e. The Kier molecular flexibility index (Phi) is 3.03. The molecule has 2 nitrogen and oxygen atoms in total. The molecule has 0 atom stereocenters. The van der Waals surface area contributed by atoms with Crippen LogP contribution in [0.3, 0.4) is 0 Å². The van der Waals surface area contributed by atoms with Crippen molar-refractivity contribution >= 4 is 0 Å². The van der Waals surface area contributed by atoms with Crippen LogP contribution in [-0.4, -0.2) is 25.3 Å². The first-order valence-electron chi connectivity index (χ1n) is 3.48. The van der Waals surface area contributed by atoms with Gasteiger partial charge in [0.15, 0.2) is 0 Å². The lowest BCUT2D eigenvalue weighted by molar-refractivity contribution is 0.103. The van der Waals surface area contributed by atoms with Gasteiger partial charge in [0, 0.05) is 13.7 Å². The van der Waals surface area contributed by atoms with Gasteiger partial charge in [-0.2, -0.15) is 0 Å². The van der Waals surface area contributed by atoms with E-state index < -0.39 is 0 Å². The molecule has 0 bridgehead atoms. The molecule has 0 aromatic carbocycles. The highest BCUT2D eigenvalue weighted by molar-refractivity contribution is 4.98. The average Bonchev–Trinajstić information content (AvgIpc) is 2.17. The average molecular weight is 139 g/mol. The second kappa shape index (κ2) is 4.12. The first-order chi connectivity index (χ1) is 4.93. The summed E-state index contributed by atoms with van der Waals surface area (Å²) < 4.78 is 4.98. The van der Waals surface area contributed by atoms with E-state index in [2.05, 4.69) is 29.3 Å². The molecule has 2 heteroatoms. The topological polar surface area (TPSA) is 12.5 Å². The lowest BCUT2D eigenvalue weighted by Crippen LogP contribution is -2.18. The van der Waals surface area contributed by atoms with Crippen LogP contribution in [0.2, 0.25) is 0 Å². The maximum Gasteiger partial charge on any atom is 0.118 e. The lowest BCUT2D eigenvalue weighted by Gasteiger charge is -2.15. The van der Waals surface area contributed by atoms with Crippen molar-refractivity contribution in [3.63, 3.8) is 0 Å². The third-order valence-corrected chi connectivity index (χ3v) is 1.39. The summed E-state index contributed by atoms with van der Waals surface area (Å²) in [7, 11) is 1.71. The van der Waals surface area contributed by atoms with E-state index in [1.165, 1.54) is 0 Å². The number of allylic oxidation sites excluding steroid dienone is 2. The summed E-state index contributed by atoms with van der Waals surface area (Å²) in [5, 5.41) is 0. The Balaban J connectivity index is 2.36. The van der Waals surface area contributed by atoms with Gasteiger partial charge >= 0.3 is 0 Å². The van der Waals surface area contributed by atoms with Gasteiger partial charge in [-0.3, -0.25) is 0 Å². The largest absolute Gasteiger partial charge is 0.364 e. The second-order valence-corrected chi connectivity index (χ2v) is 2.28. The van der Waals surface area contributed by atoms with Gasteiger partial charge in [-0.15, -0.1) is 0 Å². The highest BCUT2D eigenvalue weighted by atomic mass is 16.5. The predicted molar refractivity (Wildman–Crippen MR) is 41.5 cm³/mol. The van der Waals surface area contributed by atoms with Crippen LogP contribution >= 0.6 is 0 Å². The van der Waals surface area contributed by atoms with Crippen molar-refractivity contribution < 1.29 is 4.74 Å². The third-order valence-electron chi connectivity index (χ3n) is 1.39. The minimum absolute atomic E-state index is 0.681. The highest BCUT2D eigenvalue weighted by Crippen LogP contribution is 1.98. The number of ether oxygens (including phenoxy) is 1. The monoisotopic (exact) mass is 139 g/mol. The van der Waals surface area contributed by atoms with Crippen molar-refractivity contribution in [2.75, 3.05) is 20.4 Å². The molecule has 0 saturated heterocycles. The van der Waals surface area contributed by atoms with E-state index in [1.54, 1.807) is 7.11 Å². The standard InChI is InChI=1S/C8H13NO/c1-10-8-9-6-4-2-3-5-7-9/h2,4-5,7H,3,6,8H2,1H3. The highest BCUT2D eigenvalue weighted by Gasteiger charge is 1.95. The summed E-state index contributed by atoms with van der Waals surface area (Å²) in [4.78, 5) is 2.11. The SMILES string of the molecule is COCN1C=CCC=CC1. The molecule has 0 radical (unpaired) electrons. The van der Waals surface area contributed by atoms with Crippen LogP contribution in [0.25, 0.3) is 0 Å². The molecule has 1 rings (SSSR count). The lowest BCUT2D eigenvalue weighted by atomic mass is 10.4. The molecule has 0 N–H and O–H groups in total. The number of methoxy groups -OCH3 is 1. The zero-order valence-electron chi connectivity index (χ0n) is 6.29. The van der Waals surface area contributed by atoms with Crippen LogP contribution in [0.15, 0.2) is 24.4 Å². The van der Waals surface area contributed by atoms with Gasteiger partial charge in [-0.25, -0.2) is 0 Å². The van der Waals surface area contributed by atoms with Gasteiger partial charge < -0.3 is 9.64 Å². The molecule has 56 valence electrons. The molecule has 0 unspecified atom stereocenters. The van der Waals surface area contributed by atoms with Crippen LogP contribution in [-0.2, 0) is 4.74 Å². The van der Waals surface area contributed by atoms with E-state index in [1.807, 2.05) is 0 Å². The van der Waals surface area contributed by atoms with E-state index in [9.17, 15) is 0 Å². The first-order valence-corrected chi connectivity index (χ1v) is 3.48. The number of nitrogens with zero attached hydrogens (tertiary/aromatic N) is 1. The minimum atomic E-state index is 0.681. The molecular weight excluding hydrogens is 126 g/mol. The van der Waals surface area contributed by atoms with Crippen molar-refractivity contribution in [2.45, 2.75) is 6.42 Å². The molecule has 0 aliphatic carbocycles. The Morgan fingerprint density at radius 1 is 1.40 bits per heavy atom. The molecule has 1 aliphatic heterocycles. The van der Waals surface area contributed by atoms with E-state index in [0.717, 1.165) is 13.0 Å². The predicted octanol–water partition coefficient (Wildman–Crippen LogP) is 1.37. The van der Waals surface area contributed by atoms with Gasteiger partial charge in [0.25, 0.3) is 0 Å². The minimum Gasteiger partial charge on any atom is -0.364 e. The fourth-order valence-corrected chi connectivity index (χ4v) is 0.917. The van der Waals surface area contributed by atoms with Crippen molar-refractivity contribution in [2.24, 2.45) is 0 Å². The van der Waals surface area contributed by atoms with Crippen LogP contribution in [0.1, 0.15) is 6.42 Å². The maximum absolute atomic E-state index is 4.98. The number of hydrogen-bond donors (Lipinski definition) is 0.